The molecule has 3 aromatic carbocycles. The van der Waals surface area contributed by atoms with Gasteiger partial charge < -0.3 is 0 Å². The van der Waals surface area contributed by atoms with Crippen LogP contribution < -0.4 is 0 Å². The molecule has 0 N–H and O–H groups in total. The summed E-state index contributed by atoms with van der Waals surface area (Å²) in [5.74, 6) is 0. The smallest absolute Gasteiger partial charge is 0.0708 e. The summed E-state index contributed by atoms with van der Waals surface area (Å²) in [5, 5.41) is 0. The number of aryl methyl sites for hydroxylation is 1. The molecule has 0 atom stereocenters. The number of hydrogen-bond acceptors (Lipinski definition) is 1. The first kappa shape index (κ1) is 15.3. The van der Waals surface area contributed by atoms with Crippen LogP contribution in [-0.4, -0.2) is 4.98 Å². The maximum atomic E-state index is 4.60. The molecular formula is C24H19N. The van der Waals surface area contributed by atoms with Crippen molar-refractivity contribution in [3.63, 3.8) is 0 Å². The Balaban J connectivity index is 1.78. The molecule has 0 saturated heterocycles. The second kappa shape index (κ2) is 6.74. The third-order valence-electron chi connectivity index (χ3n) is 4.49. The average Bonchev–Trinajstić information content (AvgIpc) is 2.70. The number of hydrogen-bond donors (Lipinski definition) is 0. The van der Waals surface area contributed by atoms with E-state index in [9.17, 15) is 0 Å². The van der Waals surface area contributed by atoms with Crippen molar-refractivity contribution in [2.75, 3.05) is 0 Å². The highest BCUT2D eigenvalue weighted by molar-refractivity contribution is 5.76. The molecule has 0 saturated carbocycles. The zero-order chi connectivity index (χ0) is 17.1. The molecule has 4 aromatic rings. The molecule has 4 rings (SSSR count). The molecule has 1 aromatic heterocycles. The molecule has 25 heavy (non-hydrogen) atoms. The topological polar surface area (TPSA) is 12.9 Å². The van der Waals surface area contributed by atoms with Crippen molar-refractivity contribution in [1.29, 1.82) is 0 Å². The van der Waals surface area contributed by atoms with Crippen molar-refractivity contribution in [3.05, 3.63) is 103 Å². The van der Waals surface area contributed by atoms with Crippen molar-refractivity contribution >= 4 is 0 Å². The van der Waals surface area contributed by atoms with Crippen molar-refractivity contribution in [3.8, 4) is 33.5 Å². The molecule has 1 heteroatoms. The fourth-order valence-electron chi connectivity index (χ4n) is 3.11. The average molecular weight is 321 g/mol. The zero-order valence-corrected chi connectivity index (χ0v) is 14.2. The summed E-state index contributed by atoms with van der Waals surface area (Å²) in [5.41, 5.74) is 8.30. The van der Waals surface area contributed by atoms with Gasteiger partial charge in [0.2, 0.25) is 0 Å². The highest BCUT2D eigenvalue weighted by Crippen LogP contribution is 2.30. The molecule has 0 aliphatic carbocycles. The summed E-state index contributed by atoms with van der Waals surface area (Å²) < 4.78 is 0. The van der Waals surface area contributed by atoms with Crippen LogP contribution in [0.1, 0.15) is 5.56 Å². The van der Waals surface area contributed by atoms with Crippen LogP contribution in [0.2, 0.25) is 0 Å². The van der Waals surface area contributed by atoms with Crippen LogP contribution in [-0.2, 0) is 0 Å². The lowest BCUT2D eigenvalue weighted by atomic mass is 9.96. The summed E-state index contributed by atoms with van der Waals surface area (Å²) in [7, 11) is 0. The minimum Gasteiger partial charge on any atom is -0.256 e. The van der Waals surface area contributed by atoms with E-state index in [1.165, 1.54) is 27.8 Å². The Bertz CT molecular complexity index is 989. The zero-order valence-electron chi connectivity index (χ0n) is 14.2. The largest absolute Gasteiger partial charge is 0.256 e. The van der Waals surface area contributed by atoms with Gasteiger partial charge in [0, 0.05) is 11.8 Å². The third-order valence-corrected chi connectivity index (χ3v) is 4.49. The van der Waals surface area contributed by atoms with E-state index in [0.717, 1.165) is 11.3 Å². The Morgan fingerprint density at radius 1 is 0.560 bits per heavy atom. The van der Waals surface area contributed by atoms with Gasteiger partial charge in [-0.15, -0.1) is 0 Å². The van der Waals surface area contributed by atoms with Crippen molar-refractivity contribution in [2.45, 2.75) is 6.92 Å². The van der Waals surface area contributed by atoms with E-state index in [2.05, 4.69) is 90.8 Å². The molecule has 0 aliphatic heterocycles. The van der Waals surface area contributed by atoms with Crippen LogP contribution in [0, 0.1) is 6.92 Å². The van der Waals surface area contributed by atoms with Gasteiger partial charge in [0.25, 0.3) is 0 Å². The van der Waals surface area contributed by atoms with Gasteiger partial charge in [0.1, 0.15) is 0 Å². The minimum atomic E-state index is 0.999. The van der Waals surface area contributed by atoms with E-state index >= 15 is 0 Å². The van der Waals surface area contributed by atoms with Gasteiger partial charge >= 0.3 is 0 Å². The molecule has 0 amide bonds. The van der Waals surface area contributed by atoms with Gasteiger partial charge in [-0.1, -0.05) is 72.8 Å². The molecule has 1 heterocycles. The van der Waals surface area contributed by atoms with Crippen molar-refractivity contribution in [2.24, 2.45) is 0 Å². The van der Waals surface area contributed by atoms with Crippen molar-refractivity contribution < 1.29 is 0 Å². The third kappa shape index (κ3) is 3.22. The first-order chi connectivity index (χ1) is 12.3. The maximum Gasteiger partial charge on any atom is 0.0708 e. The number of aromatic nitrogens is 1. The van der Waals surface area contributed by atoms with Gasteiger partial charge in [0.05, 0.1) is 5.69 Å². The van der Waals surface area contributed by atoms with Crippen molar-refractivity contribution in [1.82, 2.24) is 4.98 Å². The second-order valence-corrected chi connectivity index (χ2v) is 6.19. The summed E-state index contributed by atoms with van der Waals surface area (Å²) >= 11 is 0. The Kier molecular flexibility index (Phi) is 4.14. The second-order valence-electron chi connectivity index (χ2n) is 6.19. The number of benzene rings is 3. The van der Waals surface area contributed by atoms with Crippen LogP contribution in [0.25, 0.3) is 33.5 Å². The SMILES string of the molecule is Cc1ccc(-c2cc(-c3ccccc3)ccn2)cc1-c1ccccc1. The highest BCUT2D eigenvalue weighted by Gasteiger charge is 2.07. The number of nitrogens with zero attached hydrogens (tertiary/aromatic N) is 1. The number of pyridine rings is 1. The standard InChI is InChI=1S/C24H19N/c1-18-12-13-22(16-23(18)20-10-6-3-7-11-20)24-17-21(14-15-25-24)19-8-4-2-5-9-19/h2-17H,1H3. The fourth-order valence-corrected chi connectivity index (χ4v) is 3.11. The molecule has 0 fully saturated rings. The van der Waals surface area contributed by atoms with Crippen LogP contribution in [0.5, 0.6) is 0 Å². The quantitative estimate of drug-likeness (QED) is 0.426. The lowest BCUT2D eigenvalue weighted by Crippen LogP contribution is -1.89. The van der Waals surface area contributed by atoms with Crippen LogP contribution in [0.3, 0.4) is 0 Å². The van der Waals surface area contributed by atoms with Crippen LogP contribution in [0.15, 0.2) is 97.2 Å². The minimum absolute atomic E-state index is 0.999. The molecule has 0 radical (unpaired) electrons. The fraction of sp³-hybridized carbons (Fsp3) is 0.0417. The summed E-state index contributed by atoms with van der Waals surface area (Å²) in [6.45, 7) is 2.15. The van der Waals surface area contributed by atoms with E-state index < -0.39 is 0 Å². The first-order valence-corrected chi connectivity index (χ1v) is 8.49. The molecule has 0 bridgehead atoms. The molecule has 0 aliphatic rings. The van der Waals surface area contributed by atoms with E-state index in [4.69, 9.17) is 0 Å². The summed E-state index contributed by atoms with van der Waals surface area (Å²) in [4.78, 5) is 4.60. The van der Waals surface area contributed by atoms with Gasteiger partial charge in [0.15, 0.2) is 0 Å². The predicted molar refractivity (Wildman–Crippen MR) is 105 cm³/mol. The molecule has 0 unspecified atom stereocenters. The predicted octanol–water partition coefficient (Wildman–Crippen LogP) is 6.39. The molecule has 0 spiro atoms. The molecular weight excluding hydrogens is 302 g/mol. The summed E-state index contributed by atoms with van der Waals surface area (Å²) in [6, 6.07) is 31.7. The van der Waals surface area contributed by atoms with E-state index in [0.29, 0.717) is 0 Å². The monoisotopic (exact) mass is 321 g/mol. The Labute approximate surface area is 148 Å². The van der Waals surface area contributed by atoms with E-state index in [1.54, 1.807) is 0 Å². The Morgan fingerprint density at radius 2 is 1.24 bits per heavy atom. The van der Waals surface area contributed by atoms with Gasteiger partial charge in [-0.25, -0.2) is 0 Å². The normalized spacial score (nSPS) is 10.6. The lowest BCUT2D eigenvalue weighted by Gasteiger charge is -2.10. The van der Waals surface area contributed by atoms with Crippen LogP contribution >= 0.6 is 0 Å². The van der Waals surface area contributed by atoms with Gasteiger partial charge in [-0.3, -0.25) is 4.98 Å². The van der Waals surface area contributed by atoms with E-state index in [-0.39, 0.29) is 0 Å². The van der Waals surface area contributed by atoms with Crippen LogP contribution in [0.4, 0.5) is 0 Å². The highest BCUT2D eigenvalue weighted by atomic mass is 14.7. The lowest BCUT2D eigenvalue weighted by molar-refractivity contribution is 1.32. The Morgan fingerprint density at radius 3 is 1.96 bits per heavy atom. The Hall–Kier alpha value is -3.19. The van der Waals surface area contributed by atoms with Gasteiger partial charge in [-0.05, 0) is 52.9 Å². The maximum absolute atomic E-state index is 4.60. The van der Waals surface area contributed by atoms with Gasteiger partial charge in [-0.2, -0.15) is 0 Å². The van der Waals surface area contributed by atoms with E-state index in [1.807, 2.05) is 18.3 Å². The number of rotatable bonds is 3. The first-order valence-electron chi connectivity index (χ1n) is 8.49. The summed E-state index contributed by atoms with van der Waals surface area (Å²) in [6.07, 6.45) is 1.89. The molecule has 120 valence electrons. The molecule has 1 nitrogen and oxygen atoms in total.